The van der Waals surface area contributed by atoms with Gasteiger partial charge in [0.1, 0.15) is 0 Å². The summed E-state index contributed by atoms with van der Waals surface area (Å²) in [5, 5.41) is 12.0. The van der Waals surface area contributed by atoms with Crippen molar-refractivity contribution >= 4 is 6.08 Å². The number of nitrogens with zero attached hydrogens (tertiary/aromatic N) is 4. The van der Waals surface area contributed by atoms with Gasteiger partial charge in [-0.3, -0.25) is 0 Å². The standard InChI is InChI=1S/C18H16N4/c1-12-3-5-14(6-4-12)18-10-16(22-20-11-19-21-22)9-15-7-13(2)8-17(15)18/h3-6,8-11H,7H2,1-2H3. The Morgan fingerprint density at radius 3 is 2.59 bits per heavy atom. The number of aryl methyl sites for hydroxylation is 1. The van der Waals surface area contributed by atoms with Crippen LogP contribution in [-0.2, 0) is 6.42 Å². The van der Waals surface area contributed by atoms with Gasteiger partial charge < -0.3 is 0 Å². The molecule has 0 saturated heterocycles. The van der Waals surface area contributed by atoms with E-state index in [0.717, 1.165) is 12.1 Å². The molecular formula is C18H16N4. The second-order valence-electron chi connectivity index (χ2n) is 5.82. The highest BCUT2D eigenvalue weighted by Crippen LogP contribution is 2.36. The predicted octanol–water partition coefficient (Wildman–Crippen LogP) is 3.60. The number of benzene rings is 2. The smallest absolute Gasteiger partial charge is 0.135 e. The molecule has 1 heterocycles. The van der Waals surface area contributed by atoms with Gasteiger partial charge in [-0.25, -0.2) is 0 Å². The topological polar surface area (TPSA) is 43.6 Å². The zero-order valence-corrected chi connectivity index (χ0v) is 12.6. The molecule has 22 heavy (non-hydrogen) atoms. The molecule has 1 aliphatic carbocycles. The molecular weight excluding hydrogens is 272 g/mol. The van der Waals surface area contributed by atoms with E-state index < -0.39 is 0 Å². The first-order chi connectivity index (χ1) is 10.7. The Bertz CT molecular complexity index is 859. The van der Waals surface area contributed by atoms with Gasteiger partial charge in [0.25, 0.3) is 0 Å². The minimum atomic E-state index is 0.954. The molecule has 4 heteroatoms. The molecule has 0 radical (unpaired) electrons. The molecule has 2 aromatic carbocycles. The molecule has 0 atom stereocenters. The van der Waals surface area contributed by atoms with Crippen LogP contribution in [0.5, 0.6) is 0 Å². The van der Waals surface area contributed by atoms with E-state index >= 15 is 0 Å². The molecule has 0 bridgehead atoms. The highest BCUT2D eigenvalue weighted by Gasteiger charge is 2.17. The van der Waals surface area contributed by atoms with Crippen LogP contribution >= 0.6 is 0 Å². The van der Waals surface area contributed by atoms with Gasteiger partial charge in [-0.2, -0.15) is 0 Å². The zero-order chi connectivity index (χ0) is 15.1. The normalized spacial score (nSPS) is 13.1. The number of tetrazole rings is 1. The summed E-state index contributed by atoms with van der Waals surface area (Å²) in [6.07, 6.45) is 4.72. The summed E-state index contributed by atoms with van der Waals surface area (Å²) in [4.78, 5) is 1.58. The van der Waals surface area contributed by atoms with Crippen molar-refractivity contribution in [1.29, 1.82) is 0 Å². The number of rotatable bonds is 2. The Morgan fingerprint density at radius 2 is 1.86 bits per heavy atom. The maximum Gasteiger partial charge on any atom is 0.162 e. The van der Waals surface area contributed by atoms with Gasteiger partial charge in [0.05, 0.1) is 5.69 Å². The Balaban J connectivity index is 1.93. The van der Waals surface area contributed by atoms with Crippen molar-refractivity contribution in [3.8, 4) is 16.8 Å². The van der Waals surface area contributed by atoms with Crippen molar-refractivity contribution in [3.63, 3.8) is 0 Å². The molecule has 4 nitrogen and oxygen atoms in total. The molecule has 1 aliphatic rings. The summed E-state index contributed by atoms with van der Waals surface area (Å²) in [6.45, 7) is 4.28. The van der Waals surface area contributed by atoms with Crippen LogP contribution in [0.1, 0.15) is 23.6 Å². The van der Waals surface area contributed by atoms with Crippen molar-refractivity contribution in [2.45, 2.75) is 20.3 Å². The van der Waals surface area contributed by atoms with Crippen LogP contribution in [0.4, 0.5) is 0 Å². The van der Waals surface area contributed by atoms with Gasteiger partial charge >= 0.3 is 0 Å². The first-order valence-electron chi connectivity index (χ1n) is 7.35. The summed E-state index contributed by atoms with van der Waals surface area (Å²) < 4.78 is 0. The molecule has 0 unspecified atom stereocenters. The fraction of sp³-hybridized carbons (Fsp3) is 0.167. The Hall–Kier alpha value is -2.75. The van der Waals surface area contributed by atoms with Crippen LogP contribution in [0.2, 0.25) is 0 Å². The number of aromatic nitrogens is 4. The lowest BCUT2D eigenvalue weighted by molar-refractivity contribution is 0.719. The second kappa shape index (κ2) is 4.91. The van der Waals surface area contributed by atoms with E-state index in [4.69, 9.17) is 0 Å². The first kappa shape index (κ1) is 13.0. The highest BCUT2D eigenvalue weighted by atomic mass is 15.6. The van der Waals surface area contributed by atoms with E-state index in [9.17, 15) is 0 Å². The Morgan fingerprint density at radius 1 is 1.05 bits per heavy atom. The van der Waals surface area contributed by atoms with Crippen molar-refractivity contribution in [3.05, 3.63) is 65.0 Å². The monoisotopic (exact) mass is 288 g/mol. The number of fused-ring (bicyclic) bond motifs is 1. The van der Waals surface area contributed by atoms with Crippen molar-refractivity contribution in [1.82, 2.24) is 20.2 Å². The van der Waals surface area contributed by atoms with Crippen molar-refractivity contribution in [2.75, 3.05) is 0 Å². The second-order valence-corrected chi connectivity index (χ2v) is 5.82. The lowest BCUT2D eigenvalue weighted by Crippen LogP contribution is -2.01. The highest BCUT2D eigenvalue weighted by molar-refractivity contribution is 5.82. The van der Waals surface area contributed by atoms with Gasteiger partial charge in [-0.1, -0.05) is 41.5 Å². The molecule has 108 valence electrons. The number of hydrogen-bond donors (Lipinski definition) is 0. The van der Waals surface area contributed by atoms with E-state index in [-0.39, 0.29) is 0 Å². The Kier molecular flexibility index (Phi) is 2.89. The first-order valence-corrected chi connectivity index (χ1v) is 7.35. The van der Waals surface area contributed by atoms with E-state index in [1.165, 1.54) is 39.7 Å². The molecule has 0 spiro atoms. The van der Waals surface area contributed by atoms with Crippen LogP contribution in [0.3, 0.4) is 0 Å². The van der Waals surface area contributed by atoms with Crippen LogP contribution < -0.4 is 0 Å². The zero-order valence-electron chi connectivity index (χ0n) is 12.6. The van der Waals surface area contributed by atoms with Gasteiger partial charge in [0, 0.05) is 0 Å². The molecule has 0 fully saturated rings. The van der Waals surface area contributed by atoms with Crippen LogP contribution in [0.25, 0.3) is 22.9 Å². The molecule has 1 aromatic heterocycles. The summed E-state index contributed by atoms with van der Waals surface area (Å²) in [5.41, 5.74) is 8.67. The average Bonchev–Trinajstić information content (AvgIpc) is 3.15. The third kappa shape index (κ3) is 2.13. The third-order valence-electron chi connectivity index (χ3n) is 4.05. The molecule has 0 N–H and O–H groups in total. The maximum atomic E-state index is 4.16. The third-order valence-corrected chi connectivity index (χ3v) is 4.05. The van der Waals surface area contributed by atoms with E-state index in [1.807, 2.05) is 0 Å². The summed E-state index contributed by atoms with van der Waals surface area (Å²) in [5.74, 6) is 0. The fourth-order valence-corrected chi connectivity index (χ4v) is 2.98. The predicted molar refractivity (Wildman–Crippen MR) is 86.7 cm³/mol. The molecule has 0 saturated carbocycles. The largest absolute Gasteiger partial charge is 0.162 e. The molecule has 3 aromatic rings. The maximum absolute atomic E-state index is 4.16. The minimum absolute atomic E-state index is 0.954. The number of hydrogen-bond acceptors (Lipinski definition) is 3. The van der Waals surface area contributed by atoms with E-state index in [0.29, 0.717) is 0 Å². The Labute approximate surface area is 129 Å². The van der Waals surface area contributed by atoms with Crippen molar-refractivity contribution < 1.29 is 0 Å². The lowest BCUT2D eigenvalue weighted by atomic mass is 9.95. The van der Waals surface area contributed by atoms with Crippen LogP contribution in [0.15, 0.2) is 48.3 Å². The van der Waals surface area contributed by atoms with Gasteiger partial charge in [0.2, 0.25) is 0 Å². The summed E-state index contributed by atoms with van der Waals surface area (Å²) in [7, 11) is 0. The minimum Gasteiger partial charge on any atom is -0.135 e. The number of allylic oxidation sites excluding steroid dienone is 1. The van der Waals surface area contributed by atoms with E-state index in [1.54, 1.807) is 4.80 Å². The molecule has 4 rings (SSSR count). The van der Waals surface area contributed by atoms with Gasteiger partial charge in [0.15, 0.2) is 6.33 Å². The molecule has 0 amide bonds. The van der Waals surface area contributed by atoms with Crippen LogP contribution in [0, 0.1) is 6.92 Å². The van der Waals surface area contributed by atoms with Gasteiger partial charge in [-0.05, 0) is 59.9 Å². The van der Waals surface area contributed by atoms with Gasteiger partial charge in [-0.15, -0.1) is 15.0 Å². The fourth-order valence-electron chi connectivity index (χ4n) is 2.98. The molecule has 0 aliphatic heterocycles. The quantitative estimate of drug-likeness (QED) is 0.723. The average molecular weight is 288 g/mol. The SMILES string of the molecule is CC1=Cc2c(cc(-n3ncnn3)cc2-c2ccc(C)cc2)C1. The van der Waals surface area contributed by atoms with Crippen LogP contribution in [-0.4, -0.2) is 20.2 Å². The van der Waals surface area contributed by atoms with E-state index in [2.05, 4.69) is 71.7 Å². The van der Waals surface area contributed by atoms with Crippen molar-refractivity contribution in [2.24, 2.45) is 0 Å². The lowest BCUT2D eigenvalue weighted by Gasteiger charge is -2.11. The summed E-state index contributed by atoms with van der Waals surface area (Å²) in [6, 6.07) is 12.9. The summed E-state index contributed by atoms with van der Waals surface area (Å²) >= 11 is 0.